The second-order valence-corrected chi connectivity index (χ2v) is 8.90. The number of aromatic hydroxyl groups is 1. The van der Waals surface area contributed by atoms with Crippen molar-refractivity contribution in [3.8, 4) is 22.8 Å². The Bertz CT molecular complexity index is 1230. The molecule has 4 aromatic rings. The monoisotopic (exact) mass is 474 g/mol. The number of benzene rings is 3. The van der Waals surface area contributed by atoms with Crippen molar-refractivity contribution in [3.05, 3.63) is 83.9 Å². The Hall–Kier alpha value is -3.31. The number of fused-ring (bicyclic) bond motifs is 1. The molecule has 0 saturated carbocycles. The molecule has 5 rings (SSSR count). The molecule has 0 amide bonds. The molecular weight excluding hydrogens is 439 g/mol. The van der Waals surface area contributed by atoms with Crippen LogP contribution < -0.4 is 4.74 Å². The molecule has 0 radical (unpaired) electrons. The van der Waals surface area contributed by atoms with Gasteiger partial charge in [-0.2, -0.15) is 0 Å². The third-order valence-electron chi connectivity index (χ3n) is 6.56. The number of nitrogens with zero attached hydrogens (tertiary/aromatic N) is 2. The lowest BCUT2D eigenvalue weighted by atomic mass is 10.0. The number of likely N-dealkylation sites (tertiary alicyclic amines) is 1. The molecule has 0 bridgehead atoms. The van der Waals surface area contributed by atoms with Crippen molar-refractivity contribution in [2.45, 2.75) is 27.3 Å². The van der Waals surface area contributed by atoms with Gasteiger partial charge in [-0.25, -0.2) is 0 Å². The molecule has 0 spiro atoms. The quantitative estimate of drug-likeness (QED) is 0.310. The van der Waals surface area contributed by atoms with Crippen LogP contribution >= 0.6 is 0 Å². The summed E-state index contributed by atoms with van der Waals surface area (Å²) >= 11 is 0. The molecule has 1 fully saturated rings. The highest BCUT2D eigenvalue weighted by Crippen LogP contribution is 2.34. The second kappa shape index (κ2) is 11.4. The number of rotatable bonds is 8. The number of phenols is 1. The predicted molar refractivity (Wildman–Crippen MR) is 142 cm³/mol. The topological polar surface area (TPSA) is 37.6 Å². The first-order chi connectivity index (χ1) is 17.1. The molecule has 0 atom stereocenters. The van der Waals surface area contributed by atoms with Crippen molar-refractivity contribution in [1.29, 1.82) is 0 Å². The van der Waals surface area contributed by atoms with E-state index in [4.69, 9.17) is 4.74 Å². The predicted octanol–water partition coefficient (Wildman–Crippen LogP) is 6.68. The van der Waals surface area contributed by atoms with E-state index in [0.29, 0.717) is 6.61 Å². The maximum atomic E-state index is 12.5. The zero-order chi connectivity index (χ0) is 24.8. The second-order valence-electron chi connectivity index (χ2n) is 8.90. The fourth-order valence-corrected chi connectivity index (χ4v) is 4.76. The van der Waals surface area contributed by atoms with Gasteiger partial charge in [0, 0.05) is 43.0 Å². The Morgan fingerprint density at radius 1 is 0.943 bits per heavy atom. The van der Waals surface area contributed by atoms with Crippen molar-refractivity contribution < 1.29 is 14.2 Å². The Morgan fingerprint density at radius 2 is 1.63 bits per heavy atom. The molecule has 1 aliphatic heterocycles. The lowest BCUT2D eigenvalue weighted by molar-refractivity contribution is 0.0668. The van der Waals surface area contributed by atoms with Crippen LogP contribution in [0.4, 0.5) is 4.39 Å². The standard InChI is InChI=1S/C28H29FN2O2.C2H6/c1-20-26-4-2-3-5-27(26)31(28(20)23-8-10-24(32)11-9-23)19-21-6-12-25(13-7-21)33-15-14-30-17-22(16-29)18-30;1-2/h2-13,22,32H,14-19H2,1H3;1-2H3. The highest BCUT2D eigenvalue weighted by Gasteiger charge is 2.25. The normalized spacial score (nSPS) is 13.8. The van der Waals surface area contributed by atoms with E-state index in [1.165, 1.54) is 22.0 Å². The van der Waals surface area contributed by atoms with Gasteiger partial charge in [0.2, 0.25) is 0 Å². The van der Waals surface area contributed by atoms with E-state index in [0.717, 1.165) is 43.2 Å². The zero-order valence-electron chi connectivity index (χ0n) is 20.9. The van der Waals surface area contributed by atoms with Crippen molar-refractivity contribution in [3.63, 3.8) is 0 Å². The molecule has 4 nitrogen and oxygen atoms in total. The third-order valence-corrected chi connectivity index (χ3v) is 6.56. The molecule has 1 N–H and O–H groups in total. The molecular formula is C30H35FN2O2. The van der Waals surface area contributed by atoms with Gasteiger partial charge in [-0.1, -0.05) is 44.2 Å². The average Bonchev–Trinajstić information content (AvgIpc) is 3.15. The van der Waals surface area contributed by atoms with Gasteiger partial charge < -0.3 is 14.4 Å². The summed E-state index contributed by atoms with van der Waals surface area (Å²) in [5.74, 6) is 1.34. The van der Waals surface area contributed by atoms with Gasteiger partial charge >= 0.3 is 0 Å². The molecule has 3 aromatic carbocycles. The molecule has 2 heterocycles. The minimum absolute atomic E-state index is 0.212. The highest BCUT2D eigenvalue weighted by molar-refractivity contribution is 5.91. The number of halogens is 1. The summed E-state index contributed by atoms with van der Waals surface area (Å²) in [6.45, 7) is 9.81. The molecule has 184 valence electrons. The number of aryl methyl sites for hydroxylation is 1. The molecule has 1 saturated heterocycles. The number of hydrogen-bond donors (Lipinski definition) is 1. The number of ether oxygens (including phenoxy) is 1. The smallest absolute Gasteiger partial charge is 0.119 e. The van der Waals surface area contributed by atoms with E-state index in [1.807, 2.05) is 38.1 Å². The van der Waals surface area contributed by atoms with Crippen molar-refractivity contribution in [1.82, 2.24) is 9.47 Å². The summed E-state index contributed by atoms with van der Waals surface area (Å²) in [7, 11) is 0. The fourth-order valence-electron chi connectivity index (χ4n) is 4.76. The third kappa shape index (κ3) is 5.51. The van der Waals surface area contributed by atoms with Crippen LogP contribution in [0.15, 0.2) is 72.8 Å². The van der Waals surface area contributed by atoms with Crippen LogP contribution in [0.25, 0.3) is 22.2 Å². The largest absolute Gasteiger partial charge is 0.508 e. The van der Waals surface area contributed by atoms with Crippen LogP contribution in [0.5, 0.6) is 11.5 Å². The van der Waals surface area contributed by atoms with E-state index < -0.39 is 0 Å². The van der Waals surface area contributed by atoms with E-state index in [9.17, 15) is 9.50 Å². The summed E-state index contributed by atoms with van der Waals surface area (Å²) in [5.41, 5.74) is 5.87. The Morgan fingerprint density at radius 3 is 2.31 bits per heavy atom. The van der Waals surface area contributed by atoms with Gasteiger partial charge in [-0.3, -0.25) is 9.29 Å². The summed E-state index contributed by atoms with van der Waals surface area (Å²) in [6.07, 6.45) is 0. The first kappa shape index (κ1) is 24.8. The van der Waals surface area contributed by atoms with Crippen LogP contribution in [0, 0.1) is 12.8 Å². The number of alkyl halides is 1. The van der Waals surface area contributed by atoms with Crippen LogP contribution in [0.2, 0.25) is 0 Å². The van der Waals surface area contributed by atoms with Gasteiger partial charge in [0.25, 0.3) is 0 Å². The van der Waals surface area contributed by atoms with E-state index in [2.05, 4.69) is 52.8 Å². The number of phenolic OH excluding ortho intramolecular Hbond substituents is 1. The van der Waals surface area contributed by atoms with Crippen LogP contribution in [0.3, 0.4) is 0 Å². The van der Waals surface area contributed by atoms with Gasteiger partial charge in [0.1, 0.15) is 18.1 Å². The maximum Gasteiger partial charge on any atom is 0.119 e. The molecule has 35 heavy (non-hydrogen) atoms. The van der Waals surface area contributed by atoms with Crippen LogP contribution in [-0.2, 0) is 6.54 Å². The fraction of sp³-hybridized carbons (Fsp3) is 0.333. The summed E-state index contributed by atoms with van der Waals surface area (Å²) in [6, 6.07) is 24.2. The van der Waals surface area contributed by atoms with E-state index >= 15 is 0 Å². The molecule has 5 heteroatoms. The molecule has 0 unspecified atom stereocenters. The van der Waals surface area contributed by atoms with Gasteiger partial charge in [0.15, 0.2) is 0 Å². The lowest BCUT2D eigenvalue weighted by Crippen LogP contribution is -2.49. The summed E-state index contributed by atoms with van der Waals surface area (Å²) in [4.78, 5) is 2.23. The van der Waals surface area contributed by atoms with Crippen molar-refractivity contribution in [2.75, 3.05) is 32.9 Å². The van der Waals surface area contributed by atoms with Gasteiger partial charge in [-0.15, -0.1) is 0 Å². The van der Waals surface area contributed by atoms with Crippen LogP contribution in [0.1, 0.15) is 25.0 Å². The first-order valence-corrected chi connectivity index (χ1v) is 12.5. The van der Waals surface area contributed by atoms with Gasteiger partial charge in [-0.05, 0) is 66.1 Å². The lowest BCUT2D eigenvalue weighted by Gasteiger charge is -2.37. The minimum atomic E-state index is -0.219. The van der Waals surface area contributed by atoms with Crippen molar-refractivity contribution in [2.24, 2.45) is 5.92 Å². The van der Waals surface area contributed by atoms with E-state index in [1.54, 1.807) is 12.1 Å². The minimum Gasteiger partial charge on any atom is -0.508 e. The first-order valence-electron chi connectivity index (χ1n) is 12.5. The van der Waals surface area contributed by atoms with Gasteiger partial charge in [0.05, 0.1) is 12.4 Å². The van der Waals surface area contributed by atoms with E-state index in [-0.39, 0.29) is 18.3 Å². The Balaban J connectivity index is 0.00000141. The van der Waals surface area contributed by atoms with Crippen molar-refractivity contribution >= 4 is 10.9 Å². The highest BCUT2D eigenvalue weighted by atomic mass is 19.1. The Labute approximate surface area is 207 Å². The zero-order valence-corrected chi connectivity index (χ0v) is 20.9. The molecule has 1 aliphatic rings. The maximum absolute atomic E-state index is 12.5. The Kier molecular flexibility index (Phi) is 8.09. The molecule has 1 aromatic heterocycles. The number of para-hydroxylation sites is 1. The molecule has 0 aliphatic carbocycles. The summed E-state index contributed by atoms with van der Waals surface area (Å²) < 4.78 is 20.8. The SMILES string of the molecule is CC.Cc1c(-c2ccc(O)cc2)n(Cc2ccc(OCCN3CC(CF)C3)cc2)c2ccccc12. The van der Waals surface area contributed by atoms with Crippen LogP contribution in [-0.4, -0.2) is 47.5 Å². The average molecular weight is 475 g/mol. The number of aromatic nitrogens is 1. The summed E-state index contributed by atoms with van der Waals surface area (Å²) in [5, 5.41) is 11.0. The number of hydrogen-bond acceptors (Lipinski definition) is 3.